The molecule has 0 spiro atoms. The third-order valence-electron chi connectivity index (χ3n) is 3.96. The van der Waals surface area contributed by atoms with Crippen LogP contribution in [0.4, 0.5) is 10.5 Å². The summed E-state index contributed by atoms with van der Waals surface area (Å²) in [6, 6.07) is 25.3. The number of hydrogen-bond acceptors (Lipinski definition) is 2. The number of carbonyl (C=O) groups excluding carboxylic acids is 2. The monoisotopic (exact) mass is 345 g/mol. The number of nitrogens with one attached hydrogen (secondary N) is 2. The van der Waals surface area contributed by atoms with Gasteiger partial charge in [-0.15, -0.1) is 0 Å². The van der Waals surface area contributed by atoms with Gasteiger partial charge < -0.3 is 16.4 Å². The smallest absolute Gasteiger partial charge is 0.316 e. The summed E-state index contributed by atoms with van der Waals surface area (Å²) in [5.74, 6) is -0.201. The Kier molecular flexibility index (Phi) is 5.29. The number of carbonyl (C=O) groups is 2. The van der Waals surface area contributed by atoms with E-state index in [9.17, 15) is 9.59 Å². The summed E-state index contributed by atoms with van der Waals surface area (Å²) in [6.45, 7) is 0. The van der Waals surface area contributed by atoms with Gasteiger partial charge in [0.25, 0.3) is 5.91 Å². The van der Waals surface area contributed by atoms with Crippen LogP contribution in [0.5, 0.6) is 0 Å². The number of rotatable bonds is 5. The van der Waals surface area contributed by atoms with Crippen LogP contribution in [0.15, 0.2) is 84.9 Å². The van der Waals surface area contributed by atoms with Crippen molar-refractivity contribution in [3.63, 3.8) is 0 Å². The Morgan fingerprint density at radius 3 is 1.69 bits per heavy atom. The Morgan fingerprint density at radius 2 is 1.23 bits per heavy atom. The molecule has 3 rings (SSSR count). The molecule has 4 N–H and O–H groups in total. The fourth-order valence-electron chi connectivity index (χ4n) is 2.71. The predicted octanol–water partition coefficient (Wildman–Crippen LogP) is 3.70. The summed E-state index contributed by atoms with van der Waals surface area (Å²) in [4.78, 5) is 23.6. The van der Waals surface area contributed by atoms with Crippen molar-refractivity contribution in [2.45, 2.75) is 6.04 Å². The molecule has 0 unspecified atom stereocenters. The van der Waals surface area contributed by atoms with E-state index in [0.717, 1.165) is 11.1 Å². The summed E-state index contributed by atoms with van der Waals surface area (Å²) in [5, 5.41) is 5.55. The Balaban J connectivity index is 1.83. The molecule has 3 aromatic rings. The Morgan fingerprint density at radius 1 is 0.731 bits per heavy atom. The lowest BCUT2D eigenvalue weighted by atomic mass is 9.98. The third-order valence-corrected chi connectivity index (χ3v) is 3.96. The SMILES string of the molecule is NC(=O)Nc1ccc(C(=O)NC(c2ccccc2)c2ccccc2)cc1. The summed E-state index contributed by atoms with van der Waals surface area (Å²) in [7, 11) is 0. The minimum atomic E-state index is -0.643. The zero-order valence-electron chi connectivity index (χ0n) is 14.1. The second-order valence-electron chi connectivity index (χ2n) is 5.79. The third kappa shape index (κ3) is 4.27. The summed E-state index contributed by atoms with van der Waals surface area (Å²) in [6.07, 6.45) is 0. The zero-order valence-corrected chi connectivity index (χ0v) is 14.1. The molecule has 0 saturated heterocycles. The standard InChI is InChI=1S/C21H19N3O2/c22-21(26)23-18-13-11-17(12-14-18)20(25)24-19(15-7-3-1-4-8-15)16-9-5-2-6-10-16/h1-14,19H,(H,24,25)(H3,22,23,26). The number of nitrogens with two attached hydrogens (primary N) is 1. The zero-order chi connectivity index (χ0) is 18.4. The van der Waals surface area contributed by atoms with Crippen molar-refractivity contribution in [3.8, 4) is 0 Å². The van der Waals surface area contributed by atoms with Crippen molar-refractivity contribution in [2.75, 3.05) is 5.32 Å². The normalized spacial score (nSPS) is 10.3. The molecule has 0 bridgehead atoms. The molecule has 5 nitrogen and oxygen atoms in total. The molecule has 0 aromatic heterocycles. The van der Waals surface area contributed by atoms with Gasteiger partial charge in [-0.1, -0.05) is 60.7 Å². The van der Waals surface area contributed by atoms with E-state index in [1.807, 2.05) is 60.7 Å². The van der Waals surface area contributed by atoms with Crippen molar-refractivity contribution in [3.05, 3.63) is 102 Å². The average Bonchev–Trinajstić information content (AvgIpc) is 2.67. The largest absolute Gasteiger partial charge is 0.351 e. The number of urea groups is 1. The number of amides is 3. The maximum absolute atomic E-state index is 12.7. The van der Waals surface area contributed by atoms with Gasteiger partial charge in [0.1, 0.15) is 0 Å². The van der Waals surface area contributed by atoms with E-state index in [1.165, 1.54) is 0 Å². The van der Waals surface area contributed by atoms with Crippen molar-refractivity contribution >= 4 is 17.6 Å². The van der Waals surface area contributed by atoms with E-state index in [1.54, 1.807) is 24.3 Å². The van der Waals surface area contributed by atoms with Crippen molar-refractivity contribution in [1.82, 2.24) is 5.32 Å². The molecule has 3 amide bonds. The fraction of sp³-hybridized carbons (Fsp3) is 0.0476. The molecular weight excluding hydrogens is 326 g/mol. The highest BCUT2D eigenvalue weighted by atomic mass is 16.2. The van der Waals surface area contributed by atoms with Crippen LogP contribution in [0.25, 0.3) is 0 Å². The first kappa shape index (κ1) is 17.2. The van der Waals surface area contributed by atoms with E-state index in [-0.39, 0.29) is 11.9 Å². The maximum atomic E-state index is 12.7. The van der Waals surface area contributed by atoms with E-state index >= 15 is 0 Å². The van der Waals surface area contributed by atoms with Gasteiger partial charge in [-0.05, 0) is 35.4 Å². The highest BCUT2D eigenvalue weighted by Gasteiger charge is 2.17. The average molecular weight is 345 g/mol. The van der Waals surface area contributed by atoms with Crippen molar-refractivity contribution < 1.29 is 9.59 Å². The number of anilines is 1. The molecule has 0 aliphatic heterocycles. The second kappa shape index (κ2) is 7.98. The lowest BCUT2D eigenvalue weighted by Crippen LogP contribution is -2.29. The molecule has 3 aromatic carbocycles. The highest BCUT2D eigenvalue weighted by molar-refractivity contribution is 5.95. The van der Waals surface area contributed by atoms with Gasteiger partial charge in [-0.2, -0.15) is 0 Å². The first-order chi connectivity index (χ1) is 12.6. The van der Waals surface area contributed by atoms with Crippen LogP contribution in [-0.4, -0.2) is 11.9 Å². The Hall–Kier alpha value is -3.60. The molecule has 0 aliphatic rings. The van der Waals surface area contributed by atoms with E-state index in [4.69, 9.17) is 5.73 Å². The Labute approximate surface area is 151 Å². The van der Waals surface area contributed by atoms with Crippen molar-refractivity contribution in [2.24, 2.45) is 5.73 Å². The number of hydrogen-bond donors (Lipinski definition) is 3. The van der Waals surface area contributed by atoms with E-state index in [2.05, 4.69) is 10.6 Å². The molecule has 0 radical (unpaired) electrons. The van der Waals surface area contributed by atoms with Gasteiger partial charge in [0, 0.05) is 11.3 Å². The quantitative estimate of drug-likeness (QED) is 0.659. The summed E-state index contributed by atoms with van der Waals surface area (Å²) >= 11 is 0. The van der Waals surface area contributed by atoms with Gasteiger partial charge in [0.2, 0.25) is 0 Å². The Bertz CT molecular complexity index is 839. The van der Waals surface area contributed by atoms with Crippen LogP contribution in [0, 0.1) is 0 Å². The van der Waals surface area contributed by atoms with Crippen molar-refractivity contribution in [1.29, 1.82) is 0 Å². The lowest BCUT2D eigenvalue weighted by Gasteiger charge is -2.20. The second-order valence-corrected chi connectivity index (χ2v) is 5.79. The van der Waals surface area contributed by atoms with Crippen LogP contribution in [-0.2, 0) is 0 Å². The molecule has 26 heavy (non-hydrogen) atoms. The van der Waals surface area contributed by atoms with Crippen LogP contribution in [0.1, 0.15) is 27.5 Å². The van der Waals surface area contributed by atoms with Gasteiger partial charge in [-0.25, -0.2) is 4.79 Å². The van der Waals surface area contributed by atoms with Crippen LogP contribution in [0.3, 0.4) is 0 Å². The molecule has 0 atom stereocenters. The predicted molar refractivity (Wildman–Crippen MR) is 102 cm³/mol. The minimum Gasteiger partial charge on any atom is -0.351 e. The molecule has 5 heteroatoms. The van der Waals surface area contributed by atoms with Crippen LogP contribution in [0.2, 0.25) is 0 Å². The molecule has 0 heterocycles. The maximum Gasteiger partial charge on any atom is 0.316 e. The highest BCUT2D eigenvalue weighted by Crippen LogP contribution is 2.22. The van der Waals surface area contributed by atoms with Gasteiger partial charge in [0.05, 0.1) is 6.04 Å². The fourth-order valence-corrected chi connectivity index (χ4v) is 2.71. The topological polar surface area (TPSA) is 84.2 Å². The molecule has 0 aliphatic carbocycles. The van der Waals surface area contributed by atoms with Crippen LogP contribution < -0.4 is 16.4 Å². The van der Waals surface area contributed by atoms with E-state index < -0.39 is 6.03 Å². The van der Waals surface area contributed by atoms with Crippen LogP contribution >= 0.6 is 0 Å². The van der Waals surface area contributed by atoms with Gasteiger partial charge in [-0.3, -0.25) is 4.79 Å². The first-order valence-corrected chi connectivity index (χ1v) is 8.21. The molecule has 0 fully saturated rings. The molecule has 0 saturated carbocycles. The van der Waals surface area contributed by atoms with Gasteiger partial charge in [0.15, 0.2) is 0 Å². The van der Waals surface area contributed by atoms with E-state index in [0.29, 0.717) is 11.3 Å². The number of benzene rings is 3. The minimum absolute atomic E-state index is 0.201. The molecule has 130 valence electrons. The summed E-state index contributed by atoms with van der Waals surface area (Å²) < 4.78 is 0. The molecular formula is C21H19N3O2. The first-order valence-electron chi connectivity index (χ1n) is 8.21. The summed E-state index contributed by atoms with van der Waals surface area (Å²) in [5.41, 5.74) is 8.12. The lowest BCUT2D eigenvalue weighted by molar-refractivity contribution is 0.0943. The number of primary amides is 1. The van der Waals surface area contributed by atoms with Gasteiger partial charge >= 0.3 is 6.03 Å².